The van der Waals surface area contributed by atoms with E-state index in [0.717, 1.165) is 100 Å². The van der Waals surface area contributed by atoms with E-state index in [0.29, 0.717) is 19.8 Å². The summed E-state index contributed by atoms with van der Waals surface area (Å²) < 4.78 is 19.2. The molecule has 2 saturated heterocycles. The number of nitrogens with zero attached hydrogens (tertiary/aromatic N) is 6. The predicted molar refractivity (Wildman–Crippen MR) is 181 cm³/mol. The predicted octanol–water partition coefficient (Wildman–Crippen LogP) is 4.50. The Morgan fingerprint density at radius 3 is 1.98 bits per heavy atom. The average molecular weight is 639 g/mol. The molecule has 5 rings (SSSR count). The summed E-state index contributed by atoms with van der Waals surface area (Å²) in [6.45, 7) is 16.6. The minimum Gasteiger partial charge on any atom is -0.490 e. The van der Waals surface area contributed by atoms with E-state index < -0.39 is 0 Å². The van der Waals surface area contributed by atoms with Crippen molar-refractivity contribution in [3.8, 4) is 17.2 Å². The number of anilines is 2. The lowest BCUT2D eigenvalue weighted by Gasteiger charge is -2.37. The van der Waals surface area contributed by atoms with Crippen molar-refractivity contribution >= 4 is 23.0 Å². The van der Waals surface area contributed by atoms with E-state index in [4.69, 9.17) is 25.8 Å². The number of aryl methyl sites for hydroxylation is 1. The van der Waals surface area contributed by atoms with E-state index in [1.807, 2.05) is 43.3 Å². The van der Waals surface area contributed by atoms with Gasteiger partial charge >= 0.3 is 0 Å². The second-order valence-electron chi connectivity index (χ2n) is 11.7. The van der Waals surface area contributed by atoms with Crippen LogP contribution in [0.25, 0.3) is 0 Å². The van der Waals surface area contributed by atoms with E-state index in [2.05, 4.69) is 50.7 Å². The van der Waals surface area contributed by atoms with Crippen molar-refractivity contribution in [2.24, 2.45) is 0 Å². The van der Waals surface area contributed by atoms with E-state index >= 15 is 0 Å². The highest BCUT2D eigenvalue weighted by molar-refractivity contribution is 6.33. The summed E-state index contributed by atoms with van der Waals surface area (Å²) in [5, 5.41) is 4.75. The zero-order chi connectivity index (χ0) is 31.6. The molecule has 0 unspecified atom stereocenters. The lowest BCUT2D eigenvalue weighted by molar-refractivity contribution is 0.195. The Morgan fingerprint density at radius 2 is 1.33 bits per heavy atom. The van der Waals surface area contributed by atoms with Gasteiger partial charge in [0.05, 0.1) is 30.3 Å². The number of rotatable bonds is 14. The maximum Gasteiger partial charge on any atom is 0.287 e. The van der Waals surface area contributed by atoms with Crippen LogP contribution in [-0.4, -0.2) is 104 Å². The summed E-state index contributed by atoms with van der Waals surface area (Å²) >= 11 is 6.62. The standard InChI is InChI=1S/C34H47ClN6O4/c1-4-43-31-12-7-8-13-32(31)44-25-24-38-18-22-40(23-19-38)29-26-36-41(34(42)33(29)35)15-9-14-37-16-20-39(21-17-37)28-10-5-6-11-30(28)45-27(2)3/h5-8,10-13,26-27H,4,9,14-25H2,1-3H3. The van der Waals surface area contributed by atoms with Gasteiger partial charge in [0.1, 0.15) is 17.4 Å². The van der Waals surface area contributed by atoms with Crippen LogP contribution >= 0.6 is 11.6 Å². The Labute approximate surface area is 272 Å². The Kier molecular flexibility index (Phi) is 11.8. The highest BCUT2D eigenvalue weighted by Gasteiger charge is 2.23. The van der Waals surface area contributed by atoms with Crippen molar-refractivity contribution in [1.82, 2.24) is 19.6 Å². The van der Waals surface area contributed by atoms with Crippen molar-refractivity contribution in [3.05, 3.63) is 70.1 Å². The van der Waals surface area contributed by atoms with E-state index in [9.17, 15) is 4.79 Å². The van der Waals surface area contributed by atoms with Gasteiger partial charge in [-0.15, -0.1) is 0 Å². The molecule has 2 aliphatic rings. The molecular formula is C34H47ClN6O4. The number of halogens is 1. The molecule has 3 aromatic rings. The zero-order valence-electron chi connectivity index (χ0n) is 26.9. The Hall–Kier alpha value is -3.47. The first-order valence-electron chi connectivity index (χ1n) is 16.2. The van der Waals surface area contributed by atoms with Gasteiger partial charge in [-0.1, -0.05) is 35.9 Å². The van der Waals surface area contributed by atoms with Gasteiger partial charge in [-0.25, -0.2) is 4.68 Å². The zero-order valence-corrected chi connectivity index (χ0v) is 27.6. The molecule has 2 aromatic carbocycles. The van der Waals surface area contributed by atoms with Crippen LogP contribution in [0.4, 0.5) is 11.4 Å². The Bertz CT molecular complexity index is 1420. The molecule has 0 aliphatic carbocycles. The second-order valence-corrected chi connectivity index (χ2v) is 12.1. The van der Waals surface area contributed by atoms with Crippen LogP contribution in [0.2, 0.25) is 5.02 Å². The van der Waals surface area contributed by atoms with Crippen LogP contribution < -0.4 is 29.6 Å². The third-order valence-corrected chi connectivity index (χ3v) is 8.63. The van der Waals surface area contributed by atoms with E-state index in [1.54, 1.807) is 6.20 Å². The molecule has 11 heteroatoms. The van der Waals surface area contributed by atoms with Crippen molar-refractivity contribution in [1.29, 1.82) is 0 Å². The number of ether oxygens (including phenoxy) is 3. The minimum atomic E-state index is -0.218. The molecule has 3 heterocycles. The van der Waals surface area contributed by atoms with Crippen LogP contribution in [0.15, 0.2) is 59.5 Å². The van der Waals surface area contributed by atoms with Gasteiger partial charge in [-0.3, -0.25) is 14.6 Å². The Morgan fingerprint density at radius 1 is 0.756 bits per heavy atom. The fraction of sp³-hybridized carbons (Fsp3) is 0.529. The first kappa shape index (κ1) is 32.9. The Balaban J connectivity index is 1.04. The number of piperazine rings is 2. The highest BCUT2D eigenvalue weighted by atomic mass is 35.5. The van der Waals surface area contributed by atoms with Gasteiger partial charge in [-0.2, -0.15) is 5.10 Å². The molecule has 10 nitrogen and oxygen atoms in total. The SMILES string of the molecule is CCOc1ccccc1OCCN1CCN(c2cnn(CCCN3CCN(c4ccccc4OC(C)C)CC3)c(=O)c2Cl)CC1. The number of hydrogen-bond acceptors (Lipinski definition) is 9. The summed E-state index contributed by atoms with van der Waals surface area (Å²) in [5.74, 6) is 2.49. The summed E-state index contributed by atoms with van der Waals surface area (Å²) in [6.07, 6.45) is 2.73. The van der Waals surface area contributed by atoms with Crippen molar-refractivity contribution in [2.45, 2.75) is 39.8 Å². The maximum atomic E-state index is 13.1. The number of hydrogen-bond donors (Lipinski definition) is 0. The summed E-state index contributed by atoms with van der Waals surface area (Å²) in [6, 6.07) is 16.0. The normalized spacial score (nSPS) is 16.3. The molecule has 2 fully saturated rings. The van der Waals surface area contributed by atoms with E-state index in [1.165, 1.54) is 4.68 Å². The molecule has 0 radical (unpaired) electrons. The maximum absolute atomic E-state index is 13.1. The fourth-order valence-corrected chi connectivity index (χ4v) is 6.17. The van der Waals surface area contributed by atoms with Gasteiger partial charge in [0.2, 0.25) is 0 Å². The highest BCUT2D eigenvalue weighted by Crippen LogP contribution is 2.30. The average Bonchev–Trinajstić information content (AvgIpc) is 3.05. The van der Waals surface area contributed by atoms with Gasteiger partial charge in [0.25, 0.3) is 5.56 Å². The number of para-hydroxylation sites is 4. The molecule has 0 atom stereocenters. The molecule has 0 saturated carbocycles. The quantitative estimate of drug-likeness (QED) is 0.254. The molecule has 45 heavy (non-hydrogen) atoms. The van der Waals surface area contributed by atoms with Crippen molar-refractivity contribution in [2.75, 3.05) is 88.5 Å². The molecular weight excluding hydrogens is 592 g/mol. The molecule has 2 aliphatic heterocycles. The summed E-state index contributed by atoms with van der Waals surface area (Å²) in [7, 11) is 0. The van der Waals surface area contributed by atoms with Gasteiger partial charge < -0.3 is 24.0 Å². The molecule has 0 amide bonds. The largest absolute Gasteiger partial charge is 0.490 e. The molecule has 244 valence electrons. The smallest absolute Gasteiger partial charge is 0.287 e. The number of aromatic nitrogens is 2. The topological polar surface area (TPSA) is 75.5 Å². The lowest BCUT2D eigenvalue weighted by Crippen LogP contribution is -2.48. The van der Waals surface area contributed by atoms with Crippen LogP contribution in [0.3, 0.4) is 0 Å². The van der Waals surface area contributed by atoms with Crippen molar-refractivity contribution < 1.29 is 14.2 Å². The first-order valence-corrected chi connectivity index (χ1v) is 16.6. The summed E-state index contributed by atoms with van der Waals surface area (Å²) in [4.78, 5) is 22.5. The van der Waals surface area contributed by atoms with Gasteiger partial charge in [-0.05, 0) is 51.5 Å². The third kappa shape index (κ3) is 8.83. The summed E-state index contributed by atoms with van der Waals surface area (Å²) in [5.41, 5.74) is 1.66. The monoisotopic (exact) mass is 638 g/mol. The molecule has 0 bridgehead atoms. The minimum absolute atomic E-state index is 0.142. The molecule has 1 aromatic heterocycles. The van der Waals surface area contributed by atoms with Crippen LogP contribution in [0.1, 0.15) is 27.2 Å². The van der Waals surface area contributed by atoms with Gasteiger partial charge in [0.15, 0.2) is 11.5 Å². The molecule has 0 N–H and O–H groups in total. The van der Waals surface area contributed by atoms with Crippen LogP contribution in [0.5, 0.6) is 17.2 Å². The van der Waals surface area contributed by atoms with Crippen LogP contribution in [0, 0.1) is 0 Å². The first-order chi connectivity index (χ1) is 21.9. The van der Waals surface area contributed by atoms with Crippen molar-refractivity contribution in [3.63, 3.8) is 0 Å². The second kappa shape index (κ2) is 16.2. The lowest BCUT2D eigenvalue weighted by atomic mass is 10.2. The van der Waals surface area contributed by atoms with E-state index in [-0.39, 0.29) is 16.7 Å². The number of benzene rings is 2. The van der Waals surface area contributed by atoms with Crippen LogP contribution in [-0.2, 0) is 6.54 Å². The third-order valence-electron chi connectivity index (χ3n) is 8.28. The molecule has 0 spiro atoms. The fourth-order valence-electron chi connectivity index (χ4n) is 5.91. The van der Waals surface area contributed by atoms with Gasteiger partial charge in [0, 0.05) is 72.0 Å².